The molecule has 0 saturated carbocycles. The number of anilines is 3. The van der Waals surface area contributed by atoms with E-state index in [0.29, 0.717) is 0 Å². The van der Waals surface area contributed by atoms with Crippen LogP contribution < -0.4 is 15.8 Å². The van der Waals surface area contributed by atoms with Crippen molar-refractivity contribution >= 4 is 79.0 Å². The molecule has 0 bridgehead atoms. The van der Waals surface area contributed by atoms with Gasteiger partial charge in [0.1, 0.15) is 5.58 Å². The van der Waals surface area contributed by atoms with Gasteiger partial charge in [0, 0.05) is 33.4 Å². The van der Waals surface area contributed by atoms with Crippen LogP contribution in [0.4, 0.5) is 17.1 Å². The molecule has 1 aliphatic heterocycles. The van der Waals surface area contributed by atoms with Crippen LogP contribution in [0.5, 0.6) is 0 Å². The summed E-state index contributed by atoms with van der Waals surface area (Å²) in [4.78, 5) is 6.22. The van der Waals surface area contributed by atoms with E-state index in [4.69, 9.17) is 4.42 Å². The van der Waals surface area contributed by atoms with Crippen molar-refractivity contribution < 1.29 is 4.42 Å². The Morgan fingerprint density at radius 1 is 0.600 bits per heavy atom. The Kier molecular flexibility index (Phi) is 4.41. The zero-order chi connectivity index (χ0) is 26.2. The van der Waals surface area contributed by atoms with E-state index in [1.165, 1.54) is 49.9 Å². The van der Waals surface area contributed by atoms with Crippen LogP contribution in [0.1, 0.15) is 0 Å². The highest BCUT2D eigenvalue weighted by Crippen LogP contribution is 2.43. The standard InChI is InChI=1S/C36H23BN2O/c1-2-12-23(13-3-1)39-29-19-8-7-18-28(29)37-33-30(39)21-22-11-4-5-14-24(22)32(33)26-16-10-17-27-34(26)38-35-25-15-6-9-20-31(25)40-36(27)35/h1-21,37-38H. The molecule has 2 aromatic heterocycles. The summed E-state index contributed by atoms with van der Waals surface area (Å²) in [7, 11) is 0.866. The van der Waals surface area contributed by atoms with Crippen LogP contribution in [-0.4, -0.2) is 12.3 Å². The minimum absolute atomic E-state index is 0.866. The monoisotopic (exact) mass is 510 g/mol. The maximum atomic E-state index is 6.38. The van der Waals surface area contributed by atoms with E-state index in [1.54, 1.807) is 0 Å². The molecule has 8 aromatic rings. The molecule has 0 radical (unpaired) electrons. The zero-order valence-electron chi connectivity index (χ0n) is 21.7. The molecule has 3 nitrogen and oxygen atoms in total. The number of aromatic nitrogens is 1. The van der Waals surface area contributed by atoms with Crippen molar-refractivity contribution in [1.29, 1.82) is 0 Å². The largest absolute Gasteiger partial charge is 0.454 e. The molecule has 6 aromatic carbocycles. The summed E-state index contributed by atoms with van der Waals surface area (Å²) in [5, 5.41) is 4.72. The van der Waals surface area contributed by atoms with Crippen molar-refractivity contribution in [3.05, 3.63) is 127 Å². The molecule has 1 aliphatic rings. The van der Waals surface area contributed by atoms with Crippen LogP contribution in [0.2, 0.25) is 0 Å². The van der Waals surface area contributed by atoms with Gasteiger partial charge in [0.05, 0.1) is 11.0 Å². The SMILES string of the molecule is B1c2ccccc2N(c2ccccc2)c2cc3ccccc3c(-c3cccc4c3[nH]c3c5ccccc5oc43)c21. The van der Waals surface area contributed by atoms with E-state index in [0.717, 1.165) is 40.3 Å². The average molecular weight is 510 g/mol. The normalized spacial score (nSPS) is 12.7. The number of H-pyrrole nitrogens is 1. The van der Waals surface area contributed by atoms with Crippen LogP contribution in [0.15, 0.2) is 132 Å². The van der Waals surface area contributed by atoms with Crippen molar-refractivity contribution in [1.82, 2.24) is 4.98 Å². The van der Waals surface area contributed by atoms with E-state index in [1.807, 2.05) is 12.1 Å². The number of para-hydroxylation sites is 4. The third kappa shape index (κ3) is 2.96. The van der Waals surface area contributed by atoms with E-state index in [-0.39, 0.29) is 0 Å². The summed E-state index contributed by atoms with van der Waals surface area (Å²) in [5.74, 6) is 0. The van der Waals surface area contributed by atoms with E-state index < -0.39 is 0 Å². The molecule has 0 atom stereocenters. The highest BCUT2D eigenvalue weighted by molar-refractivity contribution is 6.73. The Hall–Kier alpha value is -5.22. The molecule has 0 saturated heterocycles. The summed E-state index contributed by atoms with van der Waals surface area (Å²) in [6.45, 7) is 0. The smallest absolute Gasteiger partial charge is 0.198 e. The number of furan rings is 1. The Labute approximate surface area is 231 Å². The first-order valence-electron chi connectivity index (χ1n) is 13.8. The molecule has 0 amide bonds. The highest BCUT2D eigenvalue weighted by Gasteiger charge is 2.29. The van der Waals surface area contributed by atoms with Gasteiger partial charge in [-0.2, -0.15) is 0 Å². The maximum absolute atomic E-state index is 6.38. The predicted molar refractivity (Wildman–Crippen MR) is 170 cm³/mol. The van der Waals surface area contributed by atoms with Crippen LogP contribution in [0.25, 0.3) is 54.9 Å². The lowest BCUT2D eigenvalue weighted by molar-refractivity contribution is 0.673. The molecule has 40 heavy (non-hydrogen) atoms. The molecule has 0 aliphatic carbocycles. The van der Waals surface area contributed by atoms with Gasteiger partial charge in [0.15, 0.2) is 12.9 Å². The van der Waals surface area contributed by atoms with E-state index in [2.05, 4.69) is 125 Å². The second-order valence-electron chi connectivity index (χ2n) is 10.6. The summed E-state index contributed by atoms with van der Waals surface area (Å²) < 4.78 is 6.38. The quantitative estimate of drug-likeness (QED) is 0.239. The summed E-state index contributed by atoms with van der Waals surface area (Å²) >= 11 is 0. The summed E-state index contributed by atoms with van der Waals surface area (Å²) in [6, 6.07) is 45.5. The lowest BCUT2D eigenvalue weighted by Crippen LogP contribution is -2.41. The Morgan fingerprint density at radius 2 is 1.35 bits per heavy atom. The van der Waals surface area contributed by atoms with Gasteiger partial charge in [-0.3, -0.25) is 0 Å². The summed E-state index contributed by atoms with van der Waals surface area (Å²) in [6.07, 6.45) is 0. The molecule has 0 unspecified atom stereocenters. The van der Waals surface area contributed by atoms with Crippen LogP contribution in [0.3, 0.4) is 0 Å². The Balaban J connectivity index is 1.40. The first kappa shape index (κ1) is 21.7. The van der Waals surface area contributed by atoms with Gasteiger partial charge in [-0.15, -0.1) is 0 Å². The van der Waals surface area contributed by atoms with Gasteiger partial charge in [0.25, 0.3) is 0 Å². The maximum Gasteiger partial charge on any atom is 0.198 e. The molecule has 3 heterocycles. The fourth-order valence-corrected chi connectivity index (χ4v) is 6.68. The average Bonchev–Trinajstić information content (AvgIpc) is 3.56. The minimum atomic E-state index is 0.866. The number of nitrogens with one attached hydrogen (secondary N) is 1. The van der Waals surface area contributed by atoms with Gasteiger partial charge in [-0.1, -0.05) is 90.4 Å². The highest BCUT2D eigenvalue weighted by atomic mass is 16.3. The van der Waals surface area contributed by atoms with Crippen LogP contribution >= 0.6 is 0 Å². The van der Waals surface area contributed by atoms with Gasteiger partial charge in [0.2, 0.25) is 0 Å². The topological polar surface area (TPSA) is 32.2 Å². The second kappa shape index (κ2) is 8.14. The van der Waals surface area contributed by atoms with Gasteiger partial charge in [-0.05, 0) is 64.3 Å². The van der Waals surface area contributed by atoms with Crippen molar-refractivity contribution in [3.8, 4) is 11.1 Å². The van der Waals surface area contributed by atoms with Crippen molar-refractivity contribution in [2.24, 2.45) is 0 Å². The molecule has 1 N–H and O–H groups in total. The van der Waals surface area contributed by atoms with Crippen LogP contribution in [0, 0.1) is 0 Å². The number of hydrogen-bond donors (Lipinski definition) is 1. The Morgan fingerprint density at radius 3 is 2.27 bits per heavy atom. The third-order valence-corrected chi connectivity index (χ3v) is 8.41. The fraction of sp³-hybridized carbons (Fsp3) is 0. The second-order valence-corrected chi connectivity index (χ2v) is 10.6. The van der Waals surface area contributed by atoms with Crippen molar-refractivity contribution in [2.45, 2.75) is 0 Å². The summed E-state index contributed by atoms with van der Waals surface area (Å²) in [5.41, 5.74) is 12.8. The molecule has 186 valence electrons. The first-order valence-corrected chi connectivity index (χ1v) is 13.8. The van der Waals surface area contributed by atoms with Gasteiger partial charge in [-0.25, -0.2) is 0 Å². The molecule has 0 spiro atoms. The van der Waals surface area contributed by atoms with Crippen molar-refractivity contribution in [2.75, 3.05) is 4.90 Å². The Bertz CT molecular complexity index is 2260. The van der Waals surface area contributed by atoms with Gasteiger partial charge < -0.3 is 14.3 Å². The van der Waals surface area contributed by atoms with E-state index in [9.17, 15) is 0 Å². The zero-order valence-corrected chi connectivity index (χ0v) is 21.7. The molecule has 0 fully saturated rings. The minimum Gasteiger partial charge on any atom is -0.454 e. The van der Waals surface area contributed by atoms with Crippen molar-refractivity contribution in [3.63, 3.8) is 0 Å². The van der Waals surface area contributed by atoms with Gasteiger partial charge >= 0.3 is 0 Å². The first-order chi connectivity index (χ1) is 19.8. The fourth-order valence-electron chi connectivity index (χ4n) is 6.68. The number of hydrogen-bond acceptors (Lipinski definition) is 2. The number of aromatic amines is 1. The molecular weight excluding hydrogens is 487 g/mol. The molecule has 4 heteroatoms. The number of nitrogens with zero attached hydrogens (tertiary/aromatic N) is 1. The number of rotatable bonds is 2. The molecular formula is C36H23BN2O. The third-order valence-electron chi connectivity index (χ3n) is 8.41. The number of fused-ring (bicyclic) bond motifs is 8. The predicted octanol–water partition coefficient (Wildman–Crippen LogP) is 8.06. The lowest BCUT2D eigenvalue weighted by atomic mass is 9.57. The number of benzene rings is 6. The lowest BCUT2D eigenvalue weighted by Gasteiger charge is -2.35. The molecule has 9 rings (SSSR count). The van der Waals surface area contributed by atoms with E-state index >= 15 is 0 Å². The van der Waals surface area contributed by atoms with Crippen LogP contribution in [-0.2, 0) is 0 Å².